The van der Waals surface area contributed by atoms with Crippen molar-refractivity contribution in [2.75, 3.05) is 19.3 Å². The molecule has 0 aromatic heterocycles. The van der Waals surface area contributed by atoms with Gasteiger partial charge in [0.1, 0.15) is 0 Å². The summed E-state index contributed by atoms with van der Waals surface area (Å²) in [5, 5.41) is 2.87. The molecule has 0 bridgehead atoms. The summed E-state index contributed by atoms with van der Waals surface area (Å²) in [4.78, 5) is 14.6. The lowest BCUT2D eigenvalue weighted by Gasteiger charge is -2.30. The summed E-state index contributed by atoms with van der Waals surface area (Å²) in [5.74, 6) is -0.187. The average molecular weight is 326 g/mol. The number of rotatable bonds is 7. The molecule has 0 spiro atoms. The number of hydrogen-bond acceptors (Lipinski definition) is 4. The van der Waals surface area contributed by atoms with Gasteiger partial charge in [0.05, 0.1) is 4.90 Å². The summed E-state index contributed by atoms with van der Waals surface area (Å²) >= 11 is 0. The summed E-state index contributed by atoms with van der Waals surface area (Å²) in [7, 11) is -3.23. The third kappa shape index (κ3) is 5.42. The summed E-state index contributed by atoms with van der Waals surface area (Å²) in [6.45, 7) is 9.86. The number of hydrogen-bond donors (Lipinski definition) is 1. The van der Waals surface area contributed by atoms with E-state index in [1.165, 1.54) is 24.3 Å². The summed E-state index contributed by atoms with van der Waals surface area (Å²) in [6.07, 6.45) is 1.15. The Balaban J connectivity index is 2.59. The molecule has 0 atom stereocenters. The lowest BCUT2D eigenvalue weighted by atomic mass is 10.2. The normalized spacial score (nSPS) is 12.2. The molecule has 1 N–H and O–H groups in total. The van der Waals surface area contributed by atoms with Gasteiger partial charge >= 0.3 is 0 Å². The largest absolute Gasteiger partial charge is 0.351 e. The van der Waals surface area contributed by atoms with Crippen molar-refractivity contribution in [2.45, 2.75) is 44.7 Å². The molecular weight excluding hydrogens is 300 g/mol. The van der Waals surface area contributed by atoms with Crippen LogP contribution in [0.15, 0.2) is 29.2 Å². The van der Waals surface area contributed by atoms with Gasteiger partial charge in [-0.25, -0.2) is 8.42 Å². The highest BCUT2D eigenvalue weighted by Crippen LogP contribution is 2.10. The third-order valence-corrected chi connectivity index (χ3v) is 4.66. The van der Waals surface area contributed by atoms with Gasteiger partial charge in [0.15, 0.2) is 9.84 Å². The average Bonchev–Trinajstić information content (AvgIpc) is 2.41. The van der Waals surface area contributed by atoms with Crippen LogP contribution < -0.4 is 5.32 Å². The molecule has 124 valence electrons. The molecule has 5 nitrogen and oxygen atoms in total. The number of benzene rings is 1. The molecule has 1 amide bonds. The molecule has 1 aromatic rings. The minimum Gasteiger partial charge on any atom is -0.351 e. The van der Waals surface area contributed by atoms with Crippen LogP contribution >= 0.6 is 0 Å². The first-order chi connectivity index (χ1) is 10.1. The van der Waals surface area contributed by atoms with Gasteiger partial charge < -0.3 is 5.32 Å². The lowest BCUT2D eigenvalue weighted by molar-refractivity contribution is 0.0939. The van der Waals surface area contributed by atoms with E-state index in [-0.39, 0.29) is 10.8 Å². The Kier molecular flexibility index (Phi) is 6.56. The number of nitrogens with zero attached hydrogens (tertiary/aromatic N) is 1. The van der Waals surface area contributed by atoms with Crippen LogP contribution in [0.3, 0.4) is 0 Å². The Bertz CT molecular complexity index is 584. The van der Waals surface area contributed by atoms with E-state index >= 15 is 0 Å². The maximum atomic E-state index is 12.0. The number of sulfone groups is 1. The highest BCUT2D eigenvalue weighted by Gasteiger charge is 2.14. The van der Waals surface area contributed by atoms with E-state index in [4.69, 9.17) is 0 Å². The molecule has 1 aromatic carbocycles. The summed E-state index contributed by atoms with van der Waals surface area (Å²) in [5.41, 5.74) is 0.466. The van der Waals surface area contributed by atoms with E-state index in [0.29, 0.717) is 24.2 Å². The Labute approximate surface area is 133 Å². The van der Waals surface area contributed by atoms with Gasteiger partial charge in [0.2, 0.25) is 0 Å². The van der Waals surface area contributed by atoms with Crippen LogP contribution in [0.1, 0.15) is 38.1 Å². The van der Waals surface area contributed by atoms with Gasteiger partial charge in [0.25, 0.3) is 5.91 Å². The molecule has 0 heterocycles. The molecule has 22 heavy (non-hydrogen) atoms. The molecule has 0 saturated carbocycles. The van der Waals surface area contributed by atoms with Gasteiger partial charge in [-0.3, -0.25) is 9.69 Å². The van der Waals surface area contributed by atoms with Crippen molar-refractivity contribution < 1.29 is 13.2 Å². The Morgan fingerprint density at radius 2 is 1.59 bits per heavy atom. The molecule has 0 saturated heterocycles. The second-order valence-corrected chi connectivity index (χ2v) is 7.99. The van der Waals surface area contributed by atoms with Crippen LogP contribution in [0.5, 0.6) is 0 Å². The highest BCUT2D eigenvalue weighted by molar-refractivity contribution is 7.90. The van der Waals surface area contributed by atoms with Crippen molar-refractivity contribution in [1.29, 1.82) is 0 Å². The molecule has 0 unspecified atom stereocenters. The molecule has 6 heteroatoms. The van der Waals surface area contributed by atoms with Gasteiger partial charge in [-0.1, -0.05) is 0 Å². The van der Waals surface area contributed by atoms with Crippen molar-refractivity contribution in [3.8, 4) is 0 Å². The van der Waals surface area contributed by atoms with Crippen LogP contribution in [-0.4, -0.2) is 50.7 Å². The van der Waals surface area contributed by atoms with Crippen LogP contribution in [0.4, 0.5) is 0 Å². The molecule has 0 radical (unpaired) electrons. The van der Waals surface area contributed by atoms with Crippen molar-refractivity contribution in [3.05, 3.63) is 29.8 Å². The quantitative estimate of drug-likeness (QED) is 0.831. The van der Waals surface area contributed by atoms with E-state index in [9.17, 15) is 13.2 Å². The Hall–Kier alpha value is -1.40. The Morgan fingerprint density at radius 3 is 2.00 bits per heavy atom. The second-order valence-electron chi connectivity index (χ2n) is 5.98. The zero-order chi connectivity index (χ0) is 16.9. The fourth-order valence-corrected chi connectivity index (χ4v) is 3.00. The smallest absolute Gasteiger partial charge is 0.251 e. The minimum atomic E-state index is -3.23. The maximum absolute atomic E-state index is 12.0. The SMILES string of the molecule is CC(C)N(CCNC(=O)c1ccc(S(C)(=O)=O)cc1)C(C)C. The van der Waals surface area contributed by atoms with Crippen LogP contribution in [0.2, 0.25) is 0 Å². The van der Waals surface area contributed by atoms with E-state index in [1.54, 1.807) is 0 Å². The maximum Gasteiger partial charge on any atom is 0.251 e. The van der Waals surface area contributed by atoms with Gasteiger partial charge in [0, 0.05) is 37.0 Å². The standard InChI is InChI=1S/C16H26N2O3S/c1-12(2)18(13(3)4)11-10-17-16(19)14-6-8-15(9-7-14)22(5,20)21/h6-9,12-13H,10-11H2,1-5H3,(H,17,19). The van der Waals surface area contributed by atoms with Crippen molar-refractivity contribution in [3.63, 3.8) is 0 Å². The van der Waals surface area contributed by atoms with Crippen LogP contribution in [0, 0.1) is 0 Å². The van der Waals surface area contributed by atoms with Gasteiger partial charge in [-0.05, 0) is 52.0 Å². The first kappa shape index (κ1) is 18.6. The predicted molar refractivity (Wildman–Crippen MR) is 88.9 cm³/mol. The van der Waals surface area contributed by atoms with Crippen LogP contribution in [-0.2, 0) is 9.84 Å². The number of nitrogens with one attached hydrogen (secondary N) is 1. The molecule has 0 aliphatic carbocycles. The first-order valence-electron chi connectivity index (χ1n) is 7.47. The molecule has 1 rings (SSSR count). The van der Waals surface area contributed by atoms with E-state index in [0.717, 1.165) is 12.8 Å². The van der Waals surface area contributed by atoms with E-state index in [1.807, 2.05) is 0 Å². The zero-order valence-corrected chi connectivity index (χ0v) is 14.8. The van der Waals surface area contributed by atoms with Crippen molar-refractivity contribution in [1.82, 2.24) is 10.2 Å². The second kappa shape index (κ2) is 7.74. The monoisotopic (exact) mass is 326 g/mol. The summed E-state index contributed by atoms with van der Waals surface area (Å²) in [6, 6.07) is 6.83. The molecule has 0 fully saturated rings. The first-order valence-corrected chi connectivity index (χ1v) is 9.36. The number of carbonyl (C=O) groups excluding carboxylic acids is 1. The topological polar surface area (TPSA) is 66.5 Å². The highest BCUT2D eigenvalue weighted by atomic mass is 32.2. The zero-order valence-electron chi connectivity index (χ0n) is 14.0. The van der Waals surface area contributed by atoms with Crippen LogP contribution in [0.25, 0.3) is 0 Å². The molecule has 0 aliphatic rings. The van der Waals surface area contributed by atoms with Crippen molar-refractivity contribution >= 4 is 15.7 Å². The fourth-order valence-electron chi connectivity index (χ4n) is 2.37. The predicted octanol–water partition coefficient (Wildman–Crippen LogP) is 1.94. The van der Waals surface area contributed by atoms with E-state index in [2.05, 4.69) is 37.9 Å². The van der Waals surface area contributed by atoms with Gasteiger partial charge in [-0.2, -0.15) is 0 Å². The lowest BCUT2D eigenvalue weighted by Crippen LogP contribution is -2.42. The number of carbonyl (C=O) groups is 1. The van der Waals surface area contributed by atoms with Gasteiger partial charge in [-0.15, -0.1) is 0 Å². The fraction of sp³-hybridized carbons (Fsp3) is 0.562. The summed E-state index contributed by atoms with van der Waals surface area (Å²) < 4.78 is 22.8. The Morgan fingerprint density at radius 1 is 1.09 bits per heavy atom. The molecule has 0 aliphatic heterocycles. The number of amides is 1. The van der Waals surface area contributed by atoms with E-state index < -0.39 is 9.84 Å². The minimum absolute atomic E-state index is 0.187. The molecular formula is C16H26N2O3S. The van der Waals surface area contributed by atoms with Crippen molar-refractivity contribution in [2.24, 2.45) is 0 Å². The third-order valence-electron chi connectivity index (χ3n) is 3.53.